The molecule has 0 aromatic carbocycles. The molecule has 1 aliphatic heterocycles. The zero-order valence-corrected chi connectivity index (χ0v) is 10.6. The van der Waals surface area contributed by atoms with Crippen molar-refractivity contribution in [3.63, 3.8) is 0 Å². The Hall–Kier alpha value is -1.75. The summed E-state index contributed by atoms with van der Waals surface area (Å²) in [5, 5.41) is 4.18. The van der Waals surface area contributed by atoms with Gasteiger partial charge in [-0.25, -0.2) is 5.43 Å². The van der Waals surface area contributed by atoms with Crippen molar-refractivity contribution in [3.8, 4) is 0 Å². The van der Waals surface area contributed by atoms with E-state index in [1.807, 2.05) is 0 Å². The molecule has 1 aliphatic rings. The topological polar surface area (TPSA) is 57.6 Å². The second-order valence-corrected chi connectivity index (χ2v) is 4.27. The van der Waals surface area contributed by atoms with Crippen LogP contribution in [0.5, 0.6) is 0 Å². The fourth-order valence-corrected chi connectivity index (χ4v) is 1.92. The number of rotatable bonds is 3. The molecule has 0 unspecified atom stereocenters. The molecular formula is C13H18N4O. The van der Waals surface area contributed by atoms with Crippen molar-refractivity contribution in [1.82, 2.24) is 15.3 Å². The largest absolute Gasteiger partial charge is 0.303 e. The van der Waals surface area contributed by atoms with E-state index in [1.54, 1.807) is 24.4 Å². The summed E-state index contributed by atoms with van der Waals surface area (Å²) in [7, 11) is 0. The number of piperidine rings is 1. The molecule has 0 atom stereocenters. The third kappa shape index (κ3) is 3.37. The lowest BCUT2D eigenvalue weighted by Crippen LogP contribution is -2.34. The first-order chi connectivity index (χ1) is 8.79. The monoisotopic (exact) mass is 246 g/mol. The van der Waals surface area contributed by atoms with Gasteiger partial charge in [-0.1, -0.05) is 13.0 Å². The average Bonchev–Trinajstić information content (AvgIpc) is 2.46. The van der Waals surface area contributed by atoms with Gasteiger partial charge in [-0.15, -0.1) is 0 Å². The Labute approximate surface area is 107 Å². The number of hydrogen-bond donors (Lipinski definition) is 1. The Morgan fingerprint density at radius 1 is 1.44 bits per heavy atom. The molecule has 1 aromatic heterocycles. The van der Waals surface area contributed by atoms with E-state index >= 15 is 0 Å². The fraction of sp³-hybridized carbons (Fsp3) is 0.462. The smallest absolute Gasteiger partial charge is 0.289 e. The summed E-state index contributed by atoms with van der Waals surface area (Å²) < 4.78 is 0. The van der Waals surface area contributed by atoms with Crippen LogP contribution in [0.15, 0.2) is 29.5 Å². The number of carbonyl (C=O) groups excluding carboxylic acids is 1. The van der Waals surface area contributed by atoms with Gasteiger partial charge in [0.2, 0.25) is 0 Å². The summed E-state index contributed by atoms with van der Waals surface area (Å²) in [5.41, 5.74) is 4.02. The van der Waals surface area contributed by atoms with E-state index in [9.17, 15) is 4.79 Å². The van der Waals surface area contributed by atoms with Gasteiger partial charge >= 0.3 is 0 Å². The van der Waals surface area contributed by atoms with Gasteiger partial charge in [0.15, 0.2) is 0 Å². The Morgan fingerprint density at radius 2 is 2.22 bits per heavy atom. The first kappa shape index (κ1) is 12.7. The maximum atomic E-state index is 11.7. The molecule has 1 N–H and O–H groups in total. The van der Waals surface area contributed by atoms with Crippen LogP contribution < -0.4 is 5.43 Å². The molecule has 5 heteroatoms. The van der Waals surface area contributed by atoms with E-state index in [-0.39, 0.29) is 5.91 Å². The lowest BCUT2D eigenvalue weighted by molar-refractivity contribution is 0.0949. The first-order valence-corrected chi connectivity index (χ1v) is 6.28. The van der Waals surface area contributed by atoms with Crippen LogP contribution in [0.4, 0.5) is 0 Å². The Morgan fingerprint density at radius 3 is 2.83 bits per heavy atom. The highest BCUT2D eigenvalue weighted by molar-refractivity contribution is 5.94. The summed E-state index contributed by atoms with van der Waals surface area (Å²) in [4.78, 5) is 18.1. The van der Waals surface area contributed by atoms with Gasteiger partial charge in [0, 0.05) is 37.8 Å². The third-order valence-electron chi connectivity index (χ3n) is 3.09. The number of nitrogens with zero attached hydrogens (tertiary/aromatic N) is 3. The maximum Gasteiger partial charge on any atom is 0.289 e. The molecule has 2 heterocycles. The molecule has 0 saturated carbocycles. The van der Waals surface area contributed by atoms with Gasteiger partial charge in [0.25, 0.3) is 5.91 Å². The quantitative estimate of drug-likeness (QED) is 0.817. The number of aromatic nitrogens is 1. The molecule has 1 saturated heterocycles. The van der Waals surface area contributed by atoms with Crippen LogP contribution in [-0.4, -0.2) is 41.1 Å². The van der Waals surface area contributed by atoms with E-state index in [0.29, 0.717) is 5.69 Å². The minimum atomic E-state index is -0.249. The van der Waals surface area contributed by atoms with Crippen LogP contribution in [0.3, 0.4) is 0 Å². The fourth-order valence-electron chi connectivity index (χ4n) is 1.92. The highest BCUT2D eigenvalue weighted by atomic mass is 16.2. The van der Waals surface area contributed by atoms with E-state index in [2.05, 4.69) is 27.3 Å². The molecular weight excluding hydrogens is 228 g/mol. The van der Waals surface area contributed by atoms with Crippen LogP contribution in [0.2, 0.25) is 0 Å². The molecule has 2 rings (SSSR count). The van der Waals surface area contributed by atoms with Gasteiger partial charge in [-0.05, 0) is 18.7 Å². The minimum absolute atomic E-state index is 0.249. The second-order valence-electron chi connectivity index (χ2n) is 4.27. The lowest BCUT2D eigenvalue weighted by atomic mass is 10.1. The minimum Gasteiger partial charge on any atom is -0.303 e. The molecule has 1 aromatic rings. The van der Waals surface area contributed by atoms with Crippen LogP contribution in [0.25, 0.3) is 0 Å². The van der Waals surface area contributed by atoms with Gasteiger partial charge in [0.1, 0.15) is 5.69 Å². The van der Waals surface area contributed by atoms with Gasteiger partial charge in [-0.3, -0.25) is 9.78 Å². The van der Waals surface area contributed by atoms with Crippen molar-refractivity contribution in [2.24, 2.45) is 5.10 Å². The summed E-state index contributed by atoms with van der Waals surface area (Å²) in [6.07, 6.45) is 3.45. The zero-order chi connectivity index (χ0) is 12.8. The SMILES string of the molecule is CCN1CCC(=NNC(=O)c2ccccn2)CC1. The van der Waals surface area contributed by atoms with Crippen molar-refractivity contribution >= 4 is 11.6 Å². The van der Waals surface area contributed by atoms with Crippen LogP contribution in [0, 0.1) is 0 Å². The van der Waals surface area contributed by atoms with E-state index in [0.717, 1.165) is 38.2 Å². The van der Waals surface area contributed by atoms with Crippen LogP contribution in [-0.2, 0) is 0 Å². The van der Waals surface area contributed by atoms with Crippen molar-refractivity contribution in [2.75, 3.05) is 19.6 Å². The molecule has 5 nitrogen and oxygen atoms in total. The number of carbonyl (C=O) groups is 1. The van der Waals surface area contributed by atoms with Crippen molar-refractivity contribution in [1.29, 1.82) is 0 Å². The van der Waals surface area contributed by atoms with Gasteiger partial charge in [0.05, 0.1) is 0 Å². The number of hydrazone groups is 1. The van der Waals surface area contributed by atoms with Crippen LogP contribution in [0.1, 0.15) is 30.3 Å². The molecule has 1 fully saturated rings. The Kier molecular flexibility index (Phi) is 4.41. The van der Waals surface area contributed by atoms with Gasteiger partial charge in [-0.2, -0.15) is 5.10 Å². The van der Waals surface area contributed by atoms with Crippen molar-refractivity contribution in [2.45, 2.75) is 19.8 Å². The van der Waals surface area contributed by atoms with Crippen LogP contribution >= 0.6 is 0 Å². The Bertz CT molecular complexity index is 420. The van der Waals surface area contributed by atoms with E-state index in [4.69, 9.17) is 0 Å². The number of amides is 1. The predicted octanol–water partition coefficient (Wildman–Crippen LogP) is 1.28. The molecule has 18 heavy (non-hydrogen) atoms. The summed E-state index contributed by atoms with van der Waals surface area (Å²) in [6.45, 7) is 5.28. The summed E-state index contributed by atoms with van der Waals surface area (Å²) in [6, 6.07) is 5.24. The van der Waals surface area contributed by atoms with Gasteiger partial charge < -0.3 is 4.90 Å². The van der Waals surface area contributed by atoms with E-state index < -0.39 is 0 Å². The highest BCUT2D eigenvalue weighted by Crippen LogP contribution is 2.06. The Balaban J connectivity index is 1.86. The first-order valence-electron chi connectivity index (χ1n) is 6.28. The molecule has 0 radical (unpaired) electrons. The molecule has 1 amide bonds. The number of likely N-dealkylation sites (tertiary alicyclic amines) is 1. The molecule has 0 spiro atoms. The standard InChI is InChI=1S/C13H18N4O/c1-2-17-9-6-11(7-10-17)15-16-13(18)12-5-3-4-8-14-12/h3-5,8H,2,6-7,9-10H2,1H3,(H,16,18). The second kappa shape index (κ2) is 6.26. The summed E-state index contributed by atoms with van der Waals surface area (Å²) in [5.74, 6) is -0.249. The number of pyridine rings is 1. The zero-order valence-electron chi connectivity index (χ0n) is 10.6. The number of hydrogen-bond acceptors (Lipinski definition) is 4. The van der Waals surface area contributed by atoms with Crippen molar-refractivity contribution < 1.29 is 4.79 Å². The highest BCUT2D eigenvalue weighted by Gasteiger charge is 2.13. The third-order valence-corrected chi connectivity index (χ3v) is 3.09. The molecule has 96 valence electrons. The summed E-state index contributed by atoms with van der Waals surface area (Å²) >= 11 is 0. The maximum absolute atomic E-state index is 11.7. The van der Waals surface area contributed by atoms with Crippen molar-refractivity contribution in [3.05, 3.63) is 30.1 Å². The molecule has 0 bridgehead atoms. The molecule has 0 aliphatic carbocycles. The van der Waals surface area contributed by atoms with E-state index in [1.165, 1.54) is 0 Å². The number of nitrogens with one attached hydrogen (secondary N) is 1. The average molecular weight is 246 g/mol. The lowest BCUT2D eigenvalue weighted by Gasteiger charge is -2.25. The normalized spacial score (nSPS) is 16.4. The predicted molar refractivity (Wildman–Crippen MR) is 70.5 cm³/mol.